The number of benzene rings is 1. The molecule has 1 aliphatic heterocycles. The molecule has 0 aliphatic carbocycles. The molecule has 1 fully saturated rings. The molecule has 1 aromatic carbocycles. The van der Waals surface area contributed by atoms with Crippen molar-refractivity contribution in [3.05, 3.63) is 54.7 Å². The third-order valence-corrected chi connectivity index (χ3v) is 5.01. The zero-order valence-electron chi connectivity index (χ0n) is 14.4. The van der Waals surface area contributed by atoms with Crippen LogP contribution in [0.5, 0.6) is 0 Å². The summed E-state index contributed by atoms with van der Waals surface area (Å²) in [6, 6.07) is 11.0. The molecule has 1 unspecified atom stereocenters. The summed E-state index contributed by atoms with van der Waals surface area (Å²) in [4.78, 5) is 11.7. The SMILES string of the molecule is CC(C)n1ccnc1C1CCCN(c2ccnc3ccccc23)C1. The highest BCUT2D eigenvalue weighted by atomic mass is 15.2. The number of rotatable bonds is 3. The van der Waals surface area contributed by atoms with Gasteiger partial charge in [0, 0.05) is 54.7 Å². The maximum absolute atomic E-state index is 4.68. The van der Waals surface area contributed by atoms with Gasteiger partial charge in [0.25, 0.3) is 0 Å². The van der Waals surface area contributed by atoms with E-state index in [1.165, 1.54) is 29.7 Å². The minimum absolute atomic E-state index is 0.458. The smallest absolute Gasteiger partial charge is 0.113 e. The summed E-state index contributed by atoms with van der Waals surface area (Å²) in [7, 11) is 0. The quantitative estimate of drug-likeness (QED) is 0.717. The van der Waals surface area contributed by atoms with Crippen molar-refractivity contribution < 1.29 is 0 Å². The molecule has 0 spiro atoms. The number of fused-ring (bicyclic) bond motifs is 1. The van der Waals surface area contributed by atoms with E-state index in [-0.39, 0.29) is 0 Å². The summed E-state index contributed by atoms with van der Waals surface area (Å²) >= 11 is 0. The van der Waals surface area contributed by atoms with Crippen LogP contribution in [0.2, 0.25) is 0 Å². The monoisotopic (exact) mass is 320 g/mol. The average Bonchev–Trinajstić information content (AvgIpc) is 3.11. The molecule has 1 atom stereocenters. The van der Waals surface area contributed by atoms with Crippen LogP contribution < -0.4 is 4.90 Å². The second kappa shape index (κ2) is 6.27. The molecule has 4 nitrogen and oxygen atoms in total. The molecule has 0 radical (unpaired) electrons. The molecule has 2 aromatic heterocycles. The predicted octanol–water partition coefficient (Wildman–Crippen LogP) is 4.40. The number of para-hydroxylation sites is 1. The summed E-state index contributed by atoms with van der Waals surface area (Å²) in [5, 5.41) is 1.24. The van der Waals surface area contributed by atoms with Gasteiger partial charge in [-0.15, -0.1) is 0 Å². The van der Waals surface area contributed by atoms with Crippen molar-refractivity contribution in [2.24, 2.45) is 0 Å². The van der Waals surface area contributed by atoms with Crippen LogP contribution in [0.4, 0.5) is 5.69 Å². The van der Waals surface area contributed by atoms with Gasteiger partial charge in [-0.3, -0.25) is 4.98 Å². The van der Waals surface area contributed by atoms with Crippen molar-refractivity contribution >= 4 is 16.6 Å². The molecule has 124 valence electrons. The lowest BCUT2D eigenvalue weighted by atomic mass is 9.96. The summed E-state index contributed by atoms with van der Waals surface area (Å²) in [5.41, 5.74) is 2.37. The van der Waals surface area contributed by atoms with Crippen molar-refractivity contribution in [3.63, 3.8) is 0 Å². The number of hydrogen-bond acceptors (Lipinski definition) is 3. The number of nitrogens with zero attached hydrogens (tertiary/aromatic N) is 4. The number of aromatic nitrogens is 3. The van der Waals surface area contributed by atoms with Gasteiger partial charge in [-0.2, -0.15) is 0 Å². The third kappa shape index (κ3) is 2.66. The first-order valence-electron chi connectivity index (χ1n) is 8.85. The Labute approximate surface area is 143 Å². The Bertz CT molecular complexity index is 831. The lowest BCUT2D eigenvalue weighted by Crippen LogP contribution is -2.35. The Balaban J connectivity index is 1.66. The van der Waals surface area contributed by atoms with Crippen molar-refractivity contribution in [2.45, 2.75) is 38.6 Å². The number of imidazole rings is 1. The summed E-state index contributed by atoms with van der Waals surface area (Å²) in [5.74, 6) is 1.72. The van der Waals surface area contributed by atoms with E-state index < -0.39 is 0 Å². The molecule has 4 rings (SSSR count). The molecule has 0 bridgehead atoms. The normalized spacial score (nSPS) is 18.5. The van der Waals surface area contributed by atoms with Gasteiger partial charge in [-0.25, -0.2) is 4.98 Å². The van der Waals surface area contributed by atoms with E-state index in [1.807, 2.05) is 12.4 Å². The van der Waals surface area contributed by atoms with E-state index in [9.17, 15) is 0 Å². The topological polar surface area (TPSA) is 34.0 Å². The fraction of sp³-hybridized carbons (Fsp3) is 0.400. The van der Waals surface area contributed by atoms with Crippen molar-refractivity contribution in [1.82, 2.24) is 14.5 Å². The first kappa shape index (κ1) is 15.2. The van der Waals surface area contributed by atoms with Gasteiger partial charge in [-0.1, -0.05) is 18.2 Å². The van der Waals surface area contributed by atoms with Crippen LogP contribution >= 0.6 is 0 Å². The Morgan fingerprint density at radius 3 is 2.83 bits per heavy atom. The first-order chi connectivity index (χ1) is 11.7. The largest absolute Gasteiger partial charge is 0.370 e. The van der Waals surface area contributed by atoms with Gasteiger partial charge in [0.05, 0.1) is 5.52 Å². The lowest BCUT2D eigenvalue weighted by molar-refractivity contribution is 0.455. The molecule has 1 aliphatic rings. The van der Waals surface area contributed by atoms with Crippen LogP contribution in [0, 0.1) is 0 Å². The maximum atomic E-state index is 4.68. The van der Waals surface area contributed by atoms with Crippen molar-refractivity contribution in [1.29, 1.82) is 0 Å². The predicted molar refractivity (Wildman–Crippen MR) is 98.5 cm³/mol. The van der Waals surface area contributed by atoms with Gasteiger partial charge < -0.3 is 9.47 Å². The van der Waals surface area contributed by atoms with Crippen LogP contribution in [0.1, 0.15) is 44.5 Å². The lowest BCUT2D eigenvalue weighted by Gasteiger charge is -2.35. The van der Waals surface area contributed by atoms with Crippen molar-refractivity contribution in [3.8, 4) is 0 Å². The van der Waals surface area contributed by atoms with Crippen molar-refractivity contribution in [2.75, 3.05) is 18.0 Å². The number of anilines is 1. The van der Waals surface area contributed by atoms with Crippen LogP contribution in [0.25, 0.3) is 10.9 Å². The van der Waals surface area contributed by atoms with E-state index in [0.29, 0.717) is 12.0 Å². The fourth-order valence-electron chi connectivity index (χ4n) is 3.84. The Morgan fingerprint density at radius 2 is 1.96 bits per heavy atom. The van der Waals surface area contributed by atoms with Crippen LogP contribution in [0.3, 0.4) is 0 Å². The van der Waals surface area contributed by atoms with Gasteiger partial charge in [0.1, 0.15) is 5.82 Å². The second-order valence-corrected chi connectivity index (χ2v) is 6.92. The molecule has 4 heteroatoms. The third-order valence-electron chi connectivity index (χ3n) is 5.01. The first-order valence-corrected chi connectivity index (χ1v) is 8.85. The standard InChI is InChI=1S/C20H24N4/c1-15(2)24-13-11-22-20(24)16-6-5-12-23(14-16)19-9-10-21-18-8-4-3-7-17(18)19/h3-4,7-11,13,15-16H,5-6,12,14H2,1-2H3. The fourth-order valence-corrected chi connectivity index (χ4v) is 3.84. The summed E-state index contributed by atoms with van der Waals surface area (Å²) in [6.07, 6.45) is 8.39. The minimum Gasteiger partial charge on any atom is -0.370 e. The summed E-state index contributed by atoms with van der Waals surface area (Å²) in [6.45, 7) is 6.58. The molecule has 24 heavy (non-hydrogen) atoms. The molecule has 0 N–H and O–H groups in total. The molecular formula is C20H24N4. The molecule has 0 saturated carbocycles. The highest BCUT2D eigenvalue weighted by molar-refractivity contribution is 5.91. The van der Waals surface area contributed by atoms with Gasteiger partial charge in [-0.05, 0) is 38.8 Å². The van der Waals surface area contributed by atoms with E-state index in [1.54, 1.807) is 0 Å². The Kier molecular flexibility index (Phi) is 3.97. The Morgan fingerprint density at radius 1 is 1.08 bits per heavy atom. The second-order valence-electron chi connectivity index (χ2n) is 6.92. The number of hydrogen-bond donors (Lipinski definition) is 0. The van der Waals surface area contributed by atoms with E-state index in [0.717, 1.165) is 18.6 Å². The zero-order chi connectivity index (χ0) is 16.5. The Hall–Kier alpha value is -2.36. The van der Waals surface area contributed by atoms with E-state index in [4.69, 9.17) is 0 Å². The number of pyridine rings is 1. The van der Waals surface area contributed by atoms with Crippen LogP contribution in [-0.2, 0) is 0 Å². The molecule has 1 saturated heterocycles. The van der Waals surface area contributed by atoms with Crippen LogP contribution in [0.15, 0.2) is 48.9 Å². The van der Waals surface area contributed by atoms with Gasteiger partial charge in [0.15, 0.2) is 0 Å². The zero-order valence-corrected chi connectivity index (χ0v) is 14.4. The van der Waals surface area contributed by atoms with Gasteiger partial charge >= 0.3 is 0 Å². The highest BCUT2D eigenvalue weighted by Gasteiger charge is 2.26. The van der Waals surface area contributed by atoms with Crippen LogP contribution in [-0.4, -0.2) is 27.6 Å². The maximum Gasteiger partial charge on any atom is 0.113 e. The molecule has 0 amide bonds. The highest BCUT2D eigenvalue weighted by Crippen LogP contribution is 2.33. The minimum atomic E-state index is 0.458. The average molecular weight is 320 g/mol. The summed E-state index contributed by atoms with van der Waals surface area (Å²) < 4.78 is 2.32. The van der Waals surface area contributed by atoms with E-state index in [2.05, 4.69) is 69.8 Å². The molecule has 3 aromatic rings. The number of piperidine rings is 1. The van der Waals surface area contributed by atoms with E-state index >= 15 is 0 Å². The van der Waals surface area contributed by atoms with Gasteiger partial charge in [0.2, 0.25) is 0 Å². The molecule has 3 heterocycles. The molecular weight excluding hydrogens is 296 g/mol.